The van der Waals surface area contributed by atoms with Crippen LogP contribution in [0, 0.1) is 0 Å². The third-order valence-electron chi connectivity index (χ3n) is 2.60. The number of nitrogens with zero attached hydrogens (tertiary/aromatic N) is 3. The van der Waals surface area contributed by atoms with Gasteiger partial charge in [-0.25, -0.2) is 4.98 Å². The van der Waals surface area contributed by atoms with Gasteiger partial charge in [-0.1, -0.05) is 11.6 Å². The van der Waals surface area contributed by atoms with Crippen molar-refractivity contribution in [2.75, 3.05) is 5.32 Å². The van der Waals surface area contributed by atoms with Crippen molar-refractivity contribution in [3.8, 4) is 0 Å². The minimum atomic E-state index is -0.239. The van der Waals surface area contributed by atoms with Crippen LogP contribution in [-0.2, 0) is 0 Å². The molecule has 8 heteroatoms. The molecule has 7 nitrogen and oxygen atoms in total. The zero-order chi connectivity index (χ0) is 13.2. The molecule has 19 heavy (non-hydrogen) atoms. The van der Waals surface area contributed by atoms with Gasteiger partial charge in [0.15, 0.2) is 0 Å². The highest BCUT2D eigenvalue weighted by molar-refractivity contribution is 6.29. The number of carbonyl (C=O) groups excluding carboxylic acids is 1. The molecule has 2 aromatic heterocycles. The molecule has 0 radical (unpaired) electrons. The third kappa shape index (κ3) is 3.00. The van der Waals surface area contributed by atoms with Crippen LogP contribution in [0.15, 0.2) is 18.3 Å². The Bertz CT molecular complexity index is 591. The first-order chi connectivity index (χ1) is 9.20. The monoisotopic (exact) mass is 278 g/mol. The second-order valence-corrected chi connectivity index (χ2v) is 4.64. The highest BCUT2D eigenvalue weighted by atomic mass is 35.5. The van der Waals surface area contributed by atoms with Gasteiger partial charge in [0, 0.05) is 6.04 Å². The molecule has 0 aliphatic heterocycles. The summed E-state index contributed by atoms with van der Waals surface area (Å²) in [6.07, 6.45) is 3.62. The van der Waals surface area contributed by atoms with Crippen molar-refractivity contribution < 1.29 is 4.79 Å². The van der Waals surface area contributed by atoms with Gasteiger partial charge in [0.05, 0.1) is 11.9 Å². The lowest BCUT2D eigenvalue weighted by molar-refractivity contribution is 0.0941. The minimum Gasteiger partial charge on any atom is -0.347 e. The van der Waals surface area contributed by atoms with E-state index in [1.165, 1.54) is 0 Å². The van der Waals surface area contributed by atoms with E-state index in [0.717, 1.165) is 12.8 Å². The SMILES string of the molecule is O=C(NC1CC1)c1nc(Nc2ccc(Cl)nc2)n[nH]1. The summed E-state index contributed by atoms with van der Waals surface area (Å²) in [5, 5.41) is 12.7. The number of carbonyl (C=O) groups is 1. The van der Waals surface area contributed by atoms with Crippen LogP contribution < -0.4 is 10.6 Å². The Kier molecular flexibility index (Phi) is 3.04. The Hall–Kier alpha value is -2.15. The summed E-state index contributed by atoms with van der Waals surface area (Å²) in [7, 11) is 0. The van der Waals surface area contributed by atoms with E-state index in [-0.39, 0.29) is 17.8 Å². The van der Waals surface area contributed by atoms with E-state index in [4.69, 9.17) is 11.6 Å². The van der Waals surface area contributed by atoms with Crippen LogP contribution in [0.2, 0.25) is 5.15 Å². The fraction of sp³-hybridized carbons (Fsp3) is 0.273. The number of nitrogens with one attached hydrogen (secondary N) is 3. The average Bonchev–Trinajstić information content (AvgIpc) is 3.08. The van der Waals surface area contributed by atoms with E-state index < -0.39 is 0 Å². The standard InChI is InChI=1S/C11H11ClN6O/c12-8-4-3-7(5-13-8)15-11-16-9(17-18-11)10(19)14-6-1-2-6/h3-6H,1-2H2,(H,14,19)(H2,15,16,17,18). The Morgan fingerprint density at radius 3 is 2.95 bits per heavy atom. The lowest BCUT2D eigenvalue weighted by Gasteiger charge is -2.00. The van der Waals surface area contributed by atoms with Gasteiger partial charge in [-0.05, 0) is 25.0 Å². The van der Waals surface area contributed by atoms with Crippen LogP contribution in [0.1, 0.15) is 23.5 Å². The molecular formula is C11H11ClN6O. The smallest absolute Gasteiger partial charge is 0.288 e. The second-order valence-electron chi connectivity index (χ2n) is 4.25. The van der Waals surface area contributed by atoms with Crippen LogP contribution >= 0.6 is 11.6 Å². The van der Waals surface area contributed by atoms with Gasteiger partial charge in [0.25, 0.3) is 5.91 Å². The van der Waals surface area contributed by atoms with Crippen LogP contribution in [0.4, 0.5) is 11.6 Å². The third-order valence-corrected chi connectivity index (χ3v) is 2.82. The molecule has 0 bridgehead atoms. The van der Waals surface area contributed by atoms with Crippen LogP contribution in [0.25, 0.3) is 0 Å². The average molecular weight is 279 g/mol. The highest BCUT2D eigenvalue weighted by Gasteiger charge is 2.25. The van der Waals surface area contributed by atoms with Gasteiger partial charge in [0.1, 0.15) is 5.15 Å². The van der Waals surface area contributed by atoms with Gasteiger partial charge in [-0.3, -0.25) is 9.89 Å². The van der Waals surface area contributed by atoms with Gasteiger partial charge < -0.3 is 10.6 Å². The number of rotatable bonds is 4. The first kappa shape index (κ1) is 11.9. The summed E-state index contributed by atoms with van der Waals surface area (Å²) >= 11 is 5.69. The molecule has 3 N–H and O–H groups in total. The molecule has 2 aromatic rings. The molecule has 0 atom stereocenters. The Labute approximate surface area is 113 Å². The number of aromatic nitrogens is 4. The normalized spacial score (nSPS) is 14.2. The molecule has 2 heterocycles. The van der Waals surface area contributed by atoms with E-state index in [1.54, 1.807) is 18.3 Å². The van der Waals surface area contributed by atoms with Gasteiger partial charge in [-0.15, -0.1) is 5.10 Å². The number of halogens is 1. The van der Waals surface area contributed by atoms with Crippen molar-refractivity contribution in [3.63, 3.8) is 0 Å². The Morgan fingerprint density at radius 2 is 2.26 bits per heavy atom. The molecule has 3 rings (SSSR count). The van der Waals surface area contributed by atoms with Crippen LogP contribution in [-0.4, -0.2) is 32.1 Å². The fourth-order valence-corrected chi connectivity index (χ4v) is 1.59. The molecule has 0 aromatic carbocycles. The van der Waals surface area contributed by atoms with E-state index in [0.29, 0.717) is 16.8 Å². The van der Waals surface area contributed by atoms with Crippen molar-refractivity contribution in [2.24, 2.45) is 0 Å². The number of anilines is 2. The Balaban J connectivity index is 1.66. The summed E-state index contributed by atoms with van der Waals surface area (Å²) in [5.41, 5.74) is 0.692. The maximum Gasteiger partial charge on any atom is 0.288 e. The fourth-order valence-electron chi connectivity index (χ4n) is 1.48. The van der Waals surface area contributed by atoms with Gasteiger partial charge >= 0.3 is 0 Å². The molecule has 1 saturated carbocycles. The lowest BCUT2D eigenvalue weighted by Crippen LogP contribution is -2.26. The molecule has 98 valence electrons. The van der Waals surface area contributed by atoms with Crippen molar-refractivity contribution in [2.45, 2.75) is 18.9 Å². The van der Waals surface area contributed by atoms with E-state index in [2.05, 4.69) is 30.8 Å². The first-order valence-corrected chi connectivity index (χ1v) is 6.20. The van der Waals surface area contributed by atoms with E-state index >= 15 is 0 Å². The molecule has 0 saturated heterocycles. The van der Waals surface area contributed by atoms with E-state index in [1.807, 2.05) is 0 Å². The van der Waals surface area contributed by atoms with Crippen molar-refractivity contribution in [1.82, 2.24) is 25.5 Å². The molecule has 1 aliphatic carbocycles. The number of pyridine rings is 1. The largest absolute Gasteiger partial charge is 0.347 e. The zero-order valence-electron chi connectivity index (χ0n) is 9.85. The predicted octanol–water partition coefficient (Wildman–Crippen LogP) is 1.49. The molecule has 1 aliphatic rings. The highest BCUT2D eigenvalue weighted by Crippen LogP contribution is 2.19. The molecule has 1 amide bonds. The Morgan fingerprint density at radius 1 is 1.42 bits per heavy atom. The first-order valence-electron chi connectivity index (χ1n) is 5.82. The van der Waals surface area contributed by atoms with Crippen LogP contribution in [0.3, 0.4) is 0 Å². The summed E-state index contributed by atoms with van der Waals surface area (Å²) in [5.74, 6) is 0.263. The lowest BCUT2D eigenvalue weighted by atomic mass is 10.4. The topological polar surface area (TPSA) is 95.6 Å². The zero-order valence-corrected chi connectivity index (χ0v) is 10.6. The molecule has 0 unspecified atom stereocenters. The summed E-state index contributed by atoms with van der Waals surface area (Å²) in [4.78, 5) is 19.7. The second kappa shape index (κ2) is 4.85. The molecular weight excluding hydrogens is 268 g/mol. The summed E-state index contributed by atoms with van der Waals surface area (Å²) < 4.78 is 0. The summed E-state index contributed by atoms with van der Waals surface area (Å²) in [6, 6.07) is 3.68. The van der Waals surface area contributed by atoms with E-state index in [9.17, 15) is 4.79 Å². The maximum absolute atomic E-state index is 11.7. The number of hydrogen-bond acceptors (Lipinski definition) is 5. The number of amides is 1. The number of hydrogen-bond donors (Lipinski definition) is 3. The van der Waals surface area contributed by atoms with Crippen molar-refractivity contribution in [1.29, 1.82) is 0 Å². The number of aromatic amines is 1. The van der Waals surface area contributed by atoms with Gasteiger partial charge in [-0.2, -0.15) is 4.98 Å². The number of H-pyrrole nitrogens is 1. The summed E-state index contributed by atoms with van der Waals surface area (Å²) in [6.45, 7) is 0. The van der Waals surface area contributed by atoms with Crippen molar-refractivity contribution in [3.05, 3.63) is 29.3 Å². The molecule has 1 fully saturated rings. The predicted molar refractivity (Wildman–Crippen MR) is 69.4 cm³/mol. The van der Waals surface area contributed by atoms with Crippen LogP contribution in [0.5, 0.6) is 0 Å². The van der Waals surface area contributed by atoms with Gasteiger partial charge in [0.2, 0.25) is 11.8 Å². The van der Waals surface area contributed by atoms with Crippen molar-refractivity contribution >= 4 is 29.1 Å². The quantitative estimate of drug-likeness (QED) is 0.737. The minimum absolute atomic E-state index is 0.191. The molecule has 0 spiro atoms. The maximum atomic E-state index is 11.7.